The maximum absolute atomic E-state index is 11.6. The van der Waals surface area contributed by atoms with Crippen molar-refractivity contribution in [2.45, 2.75) is 26.2 Å². The third-order valence-electron chi connectivity index (χ3n) is 2.41. The van der Waals surface area contributed by atoms with Gasteiger partial charge in [-0.05, 0) is 30.5 Å². The summed E-state index contributed by atoms with van der Waals surface area (Å²) in [7, 11) is -3.46. The second-order valence-corrected chi connectivity index (χ2v) is 5.94. The molecule has 2 N–H and O–H groups in total. The molecular formula is C12H19O4P. The quantitative estimate of drug-likeness (QED) is 0.583. The van der Waals surface area contributed by atoms with Crippen molar-refractivity contribution in [1.29, 1.82) is 0 Å². The fourth-order valence-corrected chi connectivity index (χ4v) is 2.43. The van der Waals surface area contributed by atoms with E-state index in [4.69, 9.17) is 9.63 Å². The Balaban J connectivity index is 2.38. The van der Waals surface area contributed by atoms with Crippen molar-refractivity contribution in [2.75, 3.05) is 12.8 Å². The minimum absolute atomic E-state index is 0.113. The highest BCUT2D eigenvalue weighted by atomic mass is 31.2. The van der Waals surface area contributed by atoms with Crippen molar-refractivity contribution in [3.63, 3.8) is 0 Å². The first kappa shape index (κ1) is 14.2. The van der Waals surface area contributed by atoms with Crippen molar-refractivity contribution >= 4 is 7.60 Å². The molecule has 0 aliphatic carbocycles. The van der Waals surface area contributed by atoms with E-state index < -0.39 is 7.60 Å². The van der Waals surface area contributed by atoms with Gasteiger partial charge in [0, 0.05) is 0 Å². The Bertz CT molecular complexity index is 375. The molecule has 0 aromatic heterocycles. The summed E-state index contributed by atoms with van der Waals surface area (Å²) < 4.78 is 16.6. The van der Waals surface area contributed by atoms with Crippen LogP contribution in [0.5, 0.6) is 5.75 Å². The molecule has 0 aliphatic rings. The molecular weight excluding hydrogens is 239 g/mol. The summed E-state index contributed by atoms with van der Waals surface area (Å²) in [6, 6.07) is 6.61. The third-order valence-corrected chi connectivity index (χ3v) is 3.79. The number of rotatable bonds is 7. The zero-order chi connectivity index (χ0) is 12.7. The van der Waals surface area contributed by atoms with Crippen LogP contribution < -0.4 is 0 Å². The highest BCUT2D eigenvalue weighted by molar-refractivity contribution is 7.52. The third kappa shape index (κ3) is 5.87. The summed E-state index contributed by atoms with van der Waals surface area (Å²) in [6.07, 6.45) is 2.32. The lowest BCUT2D eigenvalue weighted by molar-refractivity contribution is 0.255. The van der Waals surface area contributed by atoms with Crippen LogP contribution in [-0.2, 0) is 15.5 Å². The zero-order valence-corrected chi connectivity index (χ0v) is 10.9. The van der Waals surface area contributed by atoms with E-state index >= 15 is 0 Å². The molecule has 0 bridgehead atoms. The Morgan fingerprint density at radius 1 is 1.29 bits per heavy atom. The van der Waals surface area contributed by atoms with Gasteiger partial charge in [-0.15, -0.1) is 0 Å². The number of phenolic OH excluding ortho intramolecular Hbond substituents is 1. The van der Waals surface area contributed by atoms with E-state index in [0.29, 0.717) is 13.0 Å². The van der Waals surface area contributed by atoms with Crippen molar-refractivity contribution in [1.82, 2.24) is 0 Å². The molecule has 96 valence electrons. The number of unbranched alkanes of at least 4 members (excludes halogenated alkanes) is 1. The molecule has 4 nitrogen and oxygen atoms in total. The zero-order valence-electron chi connectivity index (χ0n) is 10.0. The molecule has 0 radical (unpaired) electrons. The van der Waals surface area contributed by atoms with E-state index in [1.54, 1.807) is 24.3 Å². The van der Waals surface area contributed by atoms with Crippen molar-refractivity contribution < 1.29 is 19.1 Å². The Hall–Kier alpha value is -0.830. The molecule has 1 unspecified atom stereocenters. The van der Waals surface area contributed by atoms with Crippen LogP contribution in [0, 0.1) is 0 Å². The lowest BCUT2D eigenvalue weighted by Gasteiger charge is -2.11. The second kappa shape index (κ2) is 6.80. The lowest BCUT2D eigenvalue weighted by atomic mass is 10.2. The molecule has 1 atom stereocenters. The number of hydrogen-bond donors (Lipinski definition) is 2. The molecule has 1 aromatic rings. The fraction of sp³-hybridized carbons (Fsp3) is 0.500. The van der Waals surface area contributed by atoms with Crippen LogP contribution in [-0.4, -0.2) is 22.8 Å². The van der Waals surface area contributed by atoms with E-state index in [1.807, 2.05) is 6.92 Å². The first-order valence-corrected chi connectivity index (χ1v) is 7.54. The summed E-state index contributed by atoms with van der Waals surface area (Å²) in [4.78, 5) is 9.54. The molecule has 5 heteroatoms. The van der Waals surface area contributed by atoms with E-state index in [1.165, 1.54) is 0 Å². The molecule has 0 saturated heterocycles. The predicted molar refractivity (Wildman–Crippen MR) is 67.4 cm³/mol. The molecule has 1 aromatic carbocycles. The molecule has 0 amide bonds. The average Bonchev–Trinajstić information content (AvgIpc) is 2.29. The molecule has 0 heterocycles. The van der Waals surface area contributed by atoms with Gasteiger partial charge < -0.3 is 14.5 Å². The highest BCUT2D eigenvalue weighted by Gasteiger charge is 2.18. The van der Waals surface area contributed by atoms with E-state index in [-0.39, 0.29) is 11.9 Å². The smallest absolute Gasteiger partial charge is 0.328 e. The van der Waals surface area contributed by atoms with Crippen LogP contribution in [0.2, 0.25) is 0 Å². The van der Waals surface area contributed by atoms with Gasteiger partial charge in [-0.1, -0.05) is 25.5 Å². The Kier molecular flexibility index (Phi) is 5.69. The molecule has 0 aliphatic heterocycles. The summed E-state index contributed by atoms with van der Waals surface area (Å²) >= 11 is 0. The van der Waals surface area contributed by atoms with Gasteiger partial charge in [0.2, 0.25) is 0 Å². The van der Waals surface area contributed by atoms with Crippen molar-refractivity contribution in [3.8, 4) is 5.75 Å². The SMILES string of the molecule is CCCCOP(=O)(O)CCc1ccc(O)cc1. The van der Waals surface area contributed by atoms with E-state index in [2.05, 4.69) is 0 Å². The number of phenols is 1. The highest BCUT2D eigenvalue weighted by Crippen LogP contribution is 2.42. The van der Waals surface area contributed by atoms with Gasteiger partial charge in [-0.3, -0.25) is 4.57 Å². The van der Waals surface area contributed by atoms with E-state index in [0.717, 1.165) is 18.4 Å². The van der Waals surface area contributed by atoms with Crippen molar-refractivity contribution in [3.05, 3.63) is 29.8 Å². The minimum Gasteiger partial charge on any atom is -0.508 e. The van der Waals surface area contributed by atoms with Gasteiger partial charge in [-0.2, -0.15) is 0 Å². The number of aryl methyl sites for hydroxylation is 1. The van der Waals surface area contributed by atoms with Crippen molar-refractivity contribution in [2.24, 2.45) is 0 Å². The lowest BCUT2D eigenvalue weighted by Crippen LogP contribution is -1.99. The molecule has 17 heavy (non-hydrogen) atoms. The molecule has 1 rings (SSSR count). The first-order valence-electron chi connectivity index (χ1n) is 5.78. The van der Waals surface area contributed by atoms with Crippen LogP contribution in [0.4, 0.5) is 0 Å². The summed E-state index contributed by atoms with van der Waals surface area (Å²) in [5, 5.41) is 9.10. The largest absolute Gasteiger partial charge is 0.508 e. The van der Waals surface area contributed by atoms with Gasteiger partial charge in [0.25, 0.3) is 0 Å². The maximum Gasteiger partial charge on any atom is 0.328 e. The van der Waals surface area contributed by atoms with Gasteiger partial charge >= 0.3 is 7.60 Å². The van der Waals surface area contributed by atoms with E-state index in [9.17, 15) is 9.46 Å². The first-order chi connectivity index (χ1) is 8.03. The number of hydrogen-bond acceptors (Lipinski definition) is 3. The maximum atomic E-state index is 11.6. The fourth-order valence-electron chi connectivity index (χ4n) is 1.35. The predicted octanol–water partition coefficient (Wildman–Crippen LogP) is 2.94. The Morgan fingerprint density at radius 3 is 2.53 bits per heavy atom. The van der Waals surface area contributed by atoms with Crippen LogP contribution >= 0.6 is 7.60 Å². The van der Waals surface area contributed by atoms with Crippen LogP contribution in [0.1, 0.15) is 25.3 Å². The van der Waals surface area contributed by atoms with Crippen LogP contribution in [0.15, 0.2) is 24.3 Å². The molecule has 0 fully saturated rings. The normalized spacial score (nSPS) is 14.5. The summed E-state index contributed by atoms with van der Waals surface area (Å²) in [5.74, 6) is 0.195. The standard InChI is InChI=1S/C12H19O4P/c1-2-3-9-16-17(14,15)10-8-11-4-6-12(13)7-5-11/h4-7,13H,2-3,8-10H2,1H3,(H,14,15). The monoisotopic (exact) mass is 258 g/mol. The molecule has 0 spiro atoms. The van der Waals surface area contributed by atoms with Gasteiger partial charge in [-0.25, -0.2) is 0 Å². The van der Waals surface area contributed by atoms with Gasteiger partial charge in [0.1, 0.15) is 5.75 Å². The Morgan fingerprint density at radius 2 is 1.94 bits per heavy atom. The number of aromatic hydroxyl groups is 1. The summed E-state index contributed by atoms with van der Waals surface area (Å²) in [6.45, 7) is 2.34. The van der Waals surface area contributed by atoms with Crippen LogP contribution in [0.3, 0.4) is 0 Å². The van der Waals surface area contributed by atoms with Gasteiger partial charge in [0.05, 0.1) is 12.8 Å². The second-order valence-electron chi connectivity index (χ2n) is 3.96. The minimum atomic E-state index is -3.46. The Labute approximate surface area is 102 Å². The van der Waals surface area contributed by atoms with Gasteiger partial charge in [0.15, 0.2) is 0 Å². The molecule has 0 saturated carbocycles. The number of benzene rings is 1. The topological polar surface area (TPSA) is 66.8 Å². The summed E-state index contributed by atoms with van der Waals surface area (Å²) in [5.41, 5.74) is 0.913. The average molecular weight is 258 g/mol. The van der Waals surface area contributed by atoms with Crippen LogP contribution in [0.25, 0.3) is 0 Å².